The van der Waals surface area contributed by atoms with Crippen LogP contribution < -0.4 is 4.90 Å². The first-order valence-corrected chi connectivity index (χ1v) is 10.9. The summed E-state index contributed by atoms with van der Waals surface area (Å²) >= 11 is 0. The van der Waals surface area contributed by atoms with Gasteiger partial charge < -0.3 is 4.90 Å². The second-order valence-electron chi connectivity index (χ2n) is 8.32. The number of nitrogens with zero attached hydrogens (tertiary/aromatic N) is 3. The van der Waals surface area contributed by atoms with Crippen molar-refractivity contribution in [1.29, 1.82) is 0 Å². The molecule has 2 aromatic rings. The SMILES string of the molecule is Cc1ccccc1N1CCN(C2CCCN(C/C=C/c3ccc(F)cc3)C2)CC1. The molecule has 0 spiro atoms. The number of piperidine rings is 1. The molecule has 0 saturated carbocycles. The summed E-state index contributed by atoms with van der Waals surface area (Å²) in [5.41, 5.74) is 3.83. The Morgan fingerprint density at radius 2 is 1.72 bits per heavy atom. The van der Waals surface area contributed by atoms with Gasteiger partial charge in [0, 0.05) is 51.0 Å². The Bertz CT molecular complexity index is 809. The van der Waals surface area contributed by atoms with Crippen molar-refractivity contribution in [3.8, 4) is 0 Å². The highest BCUT2D eigenvalue weighted by atomic mass is 19.1. The monoisotopic (exact) mass is 393 g/mol. The number of benzene rings is 2. The summed E-state index contributed by atoms with van der Waals surface area (Å²) in [5.74, 6) is -0.177. The van der Waals surface area contributed by atoms with Gasteiger partial charge in [0.05, 0.1) is 0 Å². The van der Waals surface area contributed by atoms with Crippen LogP contribution in [-0.4, -0.2) is 61.7 Å². The summed E-state index contributed by atoms with van der Waals surface area (Å²) in [6.45, 7) is 10.0. The number of aryl methyl sites for hydroxylation is 1. The van der Waals surface area contributed by atoms with E-state index in [0.29, 0.717) is 6.04 Å². The predicted octanol–water partition coefficient (Wildman–Crippen LogP) is 4.43. The van der Waals surface area contributed by atoms with E-state index in [-0.39, 0.29) is 5.82 Å². The molecule has 2 heterocycles. The molecule has 2 aromatic carbocycles. The minimum Gasteiger partial charge on any atom is -0.369 e. The standard InChI is InChI=1S/C25H32FN3/c1-21-6-2-3-9-25(21)29-18-16-28(17-19-29)24-8-5-15-27(20-24)14-4-7-22-10-12-23(26)13-11-22/h2-4,6-7,9-13,24H,5,8,14-20H2,1H3/b7-4+. The van der Waals surface area contributed by atoms with Crippen LogP contribution in [0.1, 0.15) is 24.0 Å². The number of piperazine rings is 1. The van der Waals surface area contributed by atoms with Crippen molar-refractivity contribution in [2.75, 3.05) is 50.7 Å². The second kappa shape index (κ2) is 9.55. The largest absolute Gasteiger partial charge is 0.369 e. The van der Waals surface area contributed by atoms with Crippen LogP contribution in [0.15, 0.2) is 54.6 Å². The Balaban J connectivity index is 1.27. The number of rotatable bonds is 5. The Kier molecular flexibility index (Phi) is 6.63. The van der Waals surface area contributed by atoms with E-state index in [1.165, 1.54) is 42.8 Å². The van der Waals surface area contributed by atoms with Gasteiger partial charge in [-0.05, 0) is 55.6 Å². The van der Waals surface area contributed by atoms with E-state index in [2.05, 4.69) is 58.0 Å². The number of hydrogen-bond donors (Lipinski definition) is 0. The van der Waals surface area contributed by atoms with Crippen molar-refractivity contribution < 1.29 is 4.39 Å². The summed E-state index contributed by atoms with van der Waals surface area (Å²) in [6, 6.07) is 16.1. The molecule has 3 nitrogen and oxygen atoms in total. The fourth-order valence-corrected chi connectivity index (χ4v) is 4.65. The van der Waals surface area contributed by atoms with Crippen LogP contribution in [0, 0.1) is 12.7 Å². The van der Waals surface area contributed by atoms with Gasteiger partial charge in [-0.25, -0.2) is 4.39 Å². The van der Waals surface area contributed by atoms with Crippen molar-refractivity contribution in [3.63, 3.8) is 0 Å². The Morgan fingerprint density at radius 3 is 2.48 bits per heavy atom. The molecule has 0 bridgehead atoms. The van der Waals surface area contributed by atoms with Crippen molar-refractivity contribution in [1.82, 2.24) is 9.80 Å². The Morgan fingerprint density at radius 1 is 0.966 bits per heavy atom. The Hall–Kier alpha value is -2.17. The minimum absolute atomic E-state index is 0.177. The highest BCUT2D eigenvalue weighted by Gasteiger charge is 2.28. The van der Waals surface area contributed by atoms with E-state index in [9.17, 15) is 4.39 Å². The fourth-order valence-electron chi connectivity index (χ4n) is 4.65. The van der Waals surface area contributed by atoms with Gasteiger partial charge in [0.2, 0.25) is 0 Å². The molecule has 0 N–H and O–H groups in total. The molecular formula is C25H32FN3. The number of likely N-dealkylation sites (tertiary alicyclic amines) is 1. The van der Waals surface area contributed by atoms with Crippen LogP contribution in [0.5, 0.6) is 0 Å². The van der Waals surface area contributed by atoms with Gasteiger partial charge in [-0.15, -0.1) is 0 Å². The maximum absolute atomic E-state index is 13.0. The molecule has 29 heavy (non-hydrogen) atoms. The van der Waals surface area contributed by atoms with Gasteiger partial charge in [-0.3, -0.25) is 9.80 Å². The minimum atomic E-state index is -0.177. The fraction of sp³-hybridized carbons (Fsp3) is 0.440. The molecular weight excluding hydrogens is 361 g/mol. The Labute approximate surface area is 174 Å². The van der Waals surface area contributed by atoms with Crippen LogP contribution >= 0.6 is 0 Å². The van der Waals surface area contributed by atoms with Gasteiger partial charge in [0.1, 0.15) is 5.82 Å². The molecule has 2 saturated heterocycles. The molecule has 4 rings (SSSR count). The summed E-state index contributed by atoms with van der Waals surface area (Å²) in [4.78, 5) is 7.80. The van der Waals surface area contributed by atoms with Crippen molar-refractivity contribution in [2.45, 2.75) is 25.8 Å². The van der Waals surface area contributed by atoms with Crippen LogP contribution in [0.4, 0.5) is 10.1 Å². The topological polar surface area (TPSA) is 9.72 Å². The lowest BCUT2D eigenvalue weighted by atomic mass is 10.0. The zero-order chi connectivity index (χ0) is 20.1. The van der Waals surface area contributed by atoms with Crippen LogP contribution in [-0.2, 0) is 0 Å². The molecule has 2 aliphatic heterocycles. The molecule has 1 unspecified atom stereocenters. The lowest BCUT2D eigenvalue weighted by molar-refractivity contribution is 0.0991. The number of para-hydroxylation sites is 1. The summed E-state index contributed by atoms with van der Waals surface area (Å²) in [7, 11) is 0. The van der Waals surface area contributed by atoms with E-state index in [4.69, 9.17) is 0 Å². The molecule has 2 fully saturated rings. The van der Waals surface area contributed by atoms with E-state index in [1.807, 2.05) is 12.1 Å². The van der Waals surface area contributed by atoms with E-state index >= 15 is 0 Å². The highest BCUT2D eigenvalue weighted by molar-refractivity contribution is 5.53. The zero-order valence-corrected chi connectivity index (χ0v) is 17.4. The highest BCUT2D eigenvalue weighted by Crippen LogP contribution is 2.23. The molecule has 0 aromatic heterocycles. The first-order chi connectivity index (χ1) is 14.2. The molecule has 0 radical (unpaired) electrons. The molecule has 2 aliphatic rings. The summed E-state index contributed by atoms with van der Waals surface area (Å²) in [5, 5.41) is 0. The average molecular weight is 394 g/mol. The van der Waals surface area contributed by atoms with E-state index in [1.54, 1.807) is 0 Å². The molecule has 0 aliphatic carbocycles. The first kappa shape index (κ1) is 20.1. The van der Waals surface area contributed by atoms with Gasteiger partial charge >= 0.3 is 0 Å². The number of halogens is 1. The maximum atomic E-state index is 13.0. The van der Waals surface area contributed by atoms with Crippen molar-refractivity contribution in [3.05, 3.63) is 71.6 Å². The van der Waals surface area contributed by atoms with Crippen molar-refractivity contribution in [2.24, 2.45) is 0 Å². The van der Waals surface area contributed by atoms with Crippen LogP contribution in [0.25, 0.3) is 6.08 Å². The molecule has 4 heteroatoms. The third-order valence-corrected chi connectivity index (χ3v) is 6.31. The molecule has 0 amide bonds. The van der Waals surface area contributed by atoms with E-state index in [0.717, 1.165) is 44.8 Å². The quantitative estimate of drug-likeness (QED) is 0.744. The number of anilines is 1. The lowest BCUT2D eigenvalue weighted by Gasteiger charge is -2.44. The van der Waals surface area contributed by atoms with Gasteiger partial charge in [-0.1, -0.05) is 42.5 Å². The average Bonchev–Trinajstić information content (AvgIpc) is 2.76. The van der Waals surface area contributed by atoms with E-state index < -0.39 is 0 Å². The van der Waals surface area contributed by atoms with Crippen molar-refractivity contribution >= 4 is 11.8 Å². The second-order valence-corrected chi connectivity index (χ2v) is 8.32. The zero-order valence-electron chi connectivity index (χ0n) is 17.4. The maximum Gasteiger partial charge on any atom is 0.123 e. The van der Waals surface area contributed by atoms with Gasteiger partial charge in [0.25, 0.3) is 0 Å². The van der Waals surface area contributed by atoms with Gasteiger partial charge in [-0.2, -0.15) is 0 Å². The first-order valence-electron chi connectivity index (χ1n) is 10.9. The van der Waals surface area contributed by atoms with Crippen LogP contribution in [0.3, 0.4) is 0 Å². The predicted molar refractivity (Wildman–Crippen MR) is 120 cm³/mol. The number of hydrogen-bond acceptors (Lipinski definition) is 3. The lowest BCUT2D eigenvalue weighted by Crippen LogP contribution is -2.55. The van der Waals surface area contributed by atoms with Crippen LogP contribution in [0.2, 0.25) is 0 Å². The molecule has 1 atom stereocenters. The third kappa shape index (κ3) is 5.26. The van der Waals surface area contributed by atoms with Gasteiger partial charge in [0.15, 0.2) is 0 Å². The summed E-state index contributed by atoms with van der Waals surface area (Å²) in [6.07, 6.45) is 6.89. The summed E-state index contributed by atoms with van der Waals surface area (Å²) < 4.78 is 13.0. The normalized spacial score (nSPS) is 21.7. The smallest absolute Gasteiger partial charge is 0.123 e. The molecule has 154 valence electrons. The third-order valence-electron chi connectivity index (χ3n) is 6.31.